The smallest absolute Gasteiger partial charge is 0.237 e. The standard InChI is InChI=1S/C26H33FN4O2/c27-21-10-9-17-3-1-2-4-20(23(17)15-21)16-30-26(33)24(28)18-5-7-19(8-6-18)25(32)31-22-11-13-29-14-12-22/h9-15,18-20,24H,1-8,16,28H2,(H,30,33)(H,29,31,32). The number of pyridine rings is 1. The van der Waals surface area contributed by atoms with Crippen LogP contribution in [0, 0.1) is 17.7 Å². The van der Waals surface area contributed by atoms with Crippen LogP contribution in [0.1, 0.15) is 62.0 Å². The molecule has 1 aromatic carbocycles. The van der Waals surface area contributed by atoms with Gasteiger partial charge >= 0.3 is 0 Å². The van der Waals surface area contributed by atoms with E-state index in [0.717, 1.165) is 62.6 Å². The van der Waals surface area contributed by atoms with E-state index in [-0.39, 0.29) is 35.4 Å². The summed E-state index contributed by atoms with van der Waals surface area (Å²) in [7, 11) is 0. The van der Waals surface area contributed by atoms with Crippen molar-refractivity contribution in [3.8, 4) is 0 Å². The summed E-state index contributed by atoms with van der Waals surface area (Å²) in [6.07, 6.45) is 10.3. The molecule has 1 fully saturated rings. The quantitative estimate of drug-likeness (QED) is 0.579. The molecule has 0 aliphatic heterocycles. The highest BCUT2D eigenvalue weighted by atomic mass is 19.1. The molecule has 2 atom stereocenters. The summed E-state index contributed by atoms with van der Waals surface area (Å²) in [5, 5.41) is 5.97. The number of anilines is 1. The number of carbonyl (C=O) groups is 2. The van der Waals surface area contributed by atoms with Crippen molar-refractivity contribution in [3.63, 3.8) is 0 Å². The maximum Gasteiger partial charge on any atom is 0.237 e. The number of hydrogen-bond donors (Lipinski definition) is 3. The molecule has 2 aliphatic carbocycles. The molecule has 7 heteroatoms. The Balaban J connectivity index is 1.26. The van der Waals surface area contributed by atoms with Crippen LogP contribution in [-0.2, 0) is 16.0 Å². The van der Waals surface area contributed by atoms with Gasteiger partial charge in [-0.3, -0.25) is 14.6 Å². The molecule has 1 heterocycles. The Labute approximate surface area is 194 Å². The highest BCUT2D eigenvalue weighted by Gasteiger charge is 2.32. The van der Waals surface area contributed by atoms with Crippen molar-refractivity contribution >= 4 is 17.5 Å². The first-order chi connectivity index (χ1) is 16.0. The third kappa shape index (κ3) is 5.96. The number of rotatable bonds is 6. The second kappa shape index (κ2) is 10.9. The van der Waals surface area contributed by atoms with Crippen molar-refractivity contribution in [1.82, 2.24) is 10.3 Å². The lowest BCUT2D eigenvalue weighted by molar-refractivity contribution is -0.124. The first-order valence-electron chi connectivity index (χ1n) is 12.0. The SMILES string of the molecule is NC(C(=O)NCC1CCCCc2ccc(F)cc21)C1CCC(C(=O)Nc2ccncc2)CC1. The summed E-state index contributed by atoms with van der Waals surface area (Å²) in [6, 6.07) is 7.96. The number of carbonyl (C=O) groups excluding carboxylic acids is 2. The predicted molar refractivity (Wildman–Crippen MR) is 126 cm³/mol. The van der Waals surface area contributed by atoms with Gasteiger partial charge in [0.1, 0.15) is 5.82 Å². The summed E-state index contributed by atoms with van der Waals surface area (Å²) in [5.41, 5.74) is 9.26. The Morgan fingerprint density at radius 3 is 2.58 bits per heavy atom. The normalized spacial score (nSPS) is 23.6. The van der Waals surface area contributed by atoms with E-state index < -0.39 is 6.04 Å². The minimum atomic E-state index is -0.591. The van der Waals surface area contributed by atoms with Crippen LogP contribution in [0.3, 0.4) is 0 Å². The summed E-state index contributed by atoms with van der Waals surface area (Å²) >= 11 is 0. The van der Waals surface area contributed by atoms with Crippen LogP contribution in [-0.4, -0.2) is 29.4 Å². The van der Waals surface area contributed by atoms with Crippen LogP contribution in [0.5, 0.6) is 0 Å². The number of nitrogens with two attached hydrogens (primary N) is 1. The average molecular weight is 453 g/mol. The zero-order valence-electron chi connectivity index (χ0n) is 18.9. The van der Waals surface area contributed by atoms with Gasteiger partial charge in [0.05, 0.1) is 6.04 Å². The Bertz CT molecular complexity index is 960. The van der Waals surface area contributed by atoms with Crippen LogP contribution in [0.2, 0.25) is 0 Å². The van der Waals surface area contributed by atoms with E-state index in [1.54, 1.807) is 30.6 Å². The molecule has 2 aliphatic rings. The molecule has 0 bridgehead atoms. The second-order valence-electron chi connectivity index (χ2n) is 9.39. The molecule has 0 spiro atoms. The molecule has 4 N–H and O–H groups in total. The van der Waals surface area contributed by atoms with Gasteiger partial charge in [0, 0.05) is 36.5 Å². The molecule has 6 nitrogen and oxygen atoms in total. The number of aromatic nitrogens is 1. The molecule has 1 aromatic heterocycles. The Morgan fingerprint density at radius 1 is 1.06 bits per heavy atom. The van der Waals surface area contributed by atoms with Crippen molar-refractivity contribution in [1.29, 1.82) is 0 Å². The van der Waals surface area contributed by atoms with Gasteiger partial charge in [-0.15, -0.1) is 0 Å². The van der Waals surface area contributed by atoms with E-state index in [1.165, 1.54) is 11.6 Å². The first kappa shape index (κ1) is 23.4. The average Bonchev–Trinajstić information content (AvgIpc) is 3.04. The van der Waals surface area contributed by atoms with E-state index in [4.69, 9.17) is 5.73 Å². The topological polar surface area (TPSA) is 97.1 Å². The minimum Gasteiger partial charge on any atom is -0.354 e. The molecular formula is C26H33FN4O2. The fourth-order valence-corrected chi connectivity index (χ4v) is 5.22. The van der Waals surface area contributed by atoms with Crippen molar-refractivity contribution in [3.05, 3.63) is 59.7 Å². The van der Waals surface area contributed by atoms with Gasteiger partial charge in [0.15, 0.2) is 0 Å². The largest absolute Gasteiger partial charge is 0.354 e. The van der Waals surface area contributed by atoms with Crippen LogP contribution in [0.25, 0.3) is 0 Å². The monoisotopic (exact) mass is 452 g/mol. The lowest BCUT2D eigenvalue weighted by Crippen LogP contribution is -2.47. The van der Waals surface area contributed by atoms with Crippen molar-refractivity contribution in [2.45, 2.75) is 63.3 Å². The number of halogens is 1. The number of hydrogen-bond acceptors (Lipinski definition) is 4. The molecule has 4 rings (SSSR count). The van der Waals surface area contributed by atoms with Crippen LogP contribution in [0.15, 0.2) is 42.7 Å². The third-order valence-corrected chi connectivity index (χ3v) is 7.22. The van der Waals surface area contributed by atoms with E-state index in [2.05, 4.69) is 15.6 Å². The van der Waals surface area contributed by atoms with Gasteiger partial charge in [-0.2, -0.15) is 0 Å². The molecule has 0 radical (unpaired) electrons. The van der Waals surface area contributed by atoms with Crippen LogP contribution in [0.4, 0.5) is 10.1 Å². The molecular weight excluding hydrogens is 419 g/mol. The summed E-state index contributed by atoms with van der Waals surface area (Å²) in [4.78, 5) is 29.3. The second-order valence-corrected chi connectivity index (χ2v) is 9.39. The van der Waals surface area contributed by atoms with Gasteiger partial charge < -0.3 is 16.4 Å². The zero-order chi connectivity index (χ0) is 23.2. The van der Waals surface area contributed by atoms with Gasteiger partial charge in [0.2, 0.25) is 11.8 Å². The third-order valence-electron chi connectivity index (χ3n) is 7.22. The number of fused-ring (bicyclic) bond motifs is 1. The summed E-state index contributed by atoms with van der Waals surface area (Å²) in [5.74, 6) is -0.259. The highest BCUT2D eigenvalue weighted by Crippen LogP contribution is 2.32. The Morgan fingerprint density at radius 2 is 1.82 bits per heavy atom. The Kier molecular flexibility index (Phi) is 7.70. The lowest BCUT2D eigenvalue weighted by atomic mass is 9.78. The van der Waals surface area contributed by atoms with Crippen molar-refractivity contribution in [2.75, 3.05) is 11.9 Å². The van der Waals surface area contributed by atoms with Gasteiger partial charge in [-0.05, 0) is 86.3 Å². The number of aryl methyl sites for hydroxylation is 1. The molecule has 1 saturated carbocycles. The van der Waals surface area contributed by atoms with E-state index in [1.807, 2.05) is 6.07 Å². The van der Waals surface area contributed by atoms with Crippen LogP contribution >= 0.6 is 0 Å². The van der Waals surface area contributed by atoms with E-state index in [9.17, 15) is 14.0 Å². The van der Waals surface area contributed by atoms with Crippen molar-refractivity contribution in [2.24, 2.45) is 17.6 Å². The molecule has 176 valence electrons. The Hall–Kier alpha value is -2.80. The summed E-state index contributed by atoms with van der Waals surface area (Å²) < 4.78 is 13.8. The number of amides is 2. The lowest BCUT2D eigenvalue weighted by Gasteiger charge is -2.31. The zero-order valence-corrected chi connectivity index (χ0v) is 18.9. The fourth-order valence-electron chi connectivity index (χ4n) is 5.22. The van der Waals surface area contributed by atoms with Gasteiger partial charge in [-0.25, -0.2) is 4.39 Å². The predicted octanol–water partition coefficient (Wildman–Crippen LogP) is 3.92. The van der Waals surface area contributed by atoms with Crippen LogP contribution < -0.4 is 16.4 Å². The number of nitrogens with one attached hydrogen (secondary N) is 2. The number of nitrogens with zero attached hydrogens (tertiary/aromatic N) is 1. The molecule has 2 amide bonds. The molecule has 33 heavy (non-hydrogen) atoms. The van der Waals surface area contributed by atoms with Gasteiger partial charge in [-0.1, -0.05) is 12.5 Å². The number of benzene rings is 1. The van der Waals surface area contributed by atoms with Gasteiger partial charge in [0.25, 0.3) is 0 Å². The minimum absolute atomic E-state index is 0.0111. The molecule has 2 aromatic rings. The highest BCUT2D eigenvalue weighted by molar-refractivity contribution is 5.92. The molecule has 2 unspecified atom stereocenters. The fraction of sp³-hybridized carbons (Fsp3) is 0.500. The van der Waals surface area contributed by atoms with Crippen molar-refractivity contribution < 1.29 is 14.0 Å². The van der Waals surface area contributed by atoms with E-state index in [0.29, 0.717) is 6.54 Å². The summed E-state index contributed by atoms with van der Waals surface area (Å²) in [6.45, 7) is 0.479. The maximum atomic E-state index is 13.8. The molecule has 0 saturated heterocycles. The maximum absolute atomic E-state index is 13.8. The van der Waals surface area contributed by atoms with E-state index >= 15 is 0 Å². The first-order valence-corrected chi connectivity index (χ1v) is 12.0.